The quantitative estimate of drug-likeness (QED) is 0.944. The van der Waals surface area contributed by atoms with E-state index in [1.807, 2.05) is 19.1 Å². The van der Waals surface area contributed by atoms with E-state index < -0.39 is 0 Å². The number of thiazole rings is 1. The van der Waals surface area contributed by atoms with Gasteiger partial charge in [-0.2, -0.15) is 0 Å². The van der Waals surface area contributed by atoms with Crippen LogP contribution in [0.2, 0.25) is 0 Å². The number of aryl methyl sites for hydroxylation is 1. The Kier molecular flexibility index (Phi) is 4.29. The van der Waals surface area contributed by atoms with Gasteiger partial charge in [-0.3, -0.25) is 9.78 Å². The highest BCUT2D eigenvalue weighted by molar-refractivity contribution is 7.15. The van der Waals surface area contributed by atoms with Crippen molar-refractivity contribution in [1.29, 1.82) is 0 Å². The Morgan fingerprint density at radius 3 is 2.95 bits per heavy atom. The summed E-state index contributed by atoms with van der Waals surface area (Å²) >= 11 is 1.59. The van der Waals surface area contributed by atoms with E-state index in [2.05, 4.69) is 15.3 Å². The van der Waals surface area contributed by atoms with Crippen LogP contribution in [0.3, 0.4) is 0 Å². The monoisotopic (exact) mass is 301 g/mol. The maximum absolute atomic E-state index is 12.1. The van der Waals surface area contributed by atoms with Gasteiger partial charge in [-0.15, -0.1) is 11.3 Å². The van der Waals surface area contributed by atoms with Crippen LogP contribution < -0.4 is 5.32 Å². The molecule has 5 heteroatoms. The molecule has 0 spiro atoms. The zero-order valence-corrected chi connectivity index (χ0v) is 12.9. The first-order valence-corrected chi connectivity index (χ1v) is 8.20. The van der Waals surface area contributed by atoms with E-state index in [-0.39, 0.29) is 5.91 Å². The van der Waals surface area contributed by atoms with Gasteiger partial charge in [0, 0.05) is 28.9 Å². The van der Waals surface area contributed by atoms with Crippen molar-refractivity contribution in [3.63, 3.8) is 0 Å². The van der Waals surface area contributed by atoms with Crippen LogP contribution in [-0.4, -0.2) is 21.9 Å². The van der Waals surface area contributed by atoms with Crippen LogP contribution in [-0.2, 0) is 11.2 Å². The summed E-state index contributed by atoms with van der Waals surface area (Å²) in [6.45, 7) is 1.97. The maximum atomic E-state index is 12.1. The molecule has 0 aliphatic heterocycles. The molecule has 21 heavy (non-hydrogen) atoms. The molecule has 2 heterocycles. The van der Waals surface area contributed by atoms with Gasteiger partial charge in [0.15, 0.2) is 0 Å². The number of amides is 1. The molecule has 2 aromatic heterocycles. The molecule has 2 aromatic rings. The van der Waals surface area contributed by atoms with E-state index in [1.165, 1.54) is 12.8 Å². The number of carbonyl (C=O) groups excluding carboxylic acids is 1. The van der Waals surface area contributed by atoms with Crippen molar-refractivity contribution in [1.82, 2.24) is 15.3 Å². The summed E-state index contributed by atoms with van der Waals surface area (Å²) in [5.74, 6) is 0.117. The van der Waals surface area contributed by atoms with Crippen molar-refractivity contribution in [2.45, 2.75) is 45.1 Å². The van der Waals surface area contributed by atoms with Crippen LogP contribution in [0.5, 0.6) is 0 Å². The predicted molar refractivity (Wildman–Crippen MR) is 84.2 cm³/mol. The number of nitrogens with one attached hydrogen (secondary N) is 1. The second-order valence-corrected chi connectivity index (χ2v) is 6.58. The minimum absolute atomic E-state index is 0.117. The van der Waals surface area contributed by atoms with E-state index in [4.69, 9.17) is 0 Å². The highest BCUT2D eigenvalue weighted by atomic mass is 32.1. The van der Waals surface area contributed by atoms with Gasteiger partial charge >= 0.3 is 0 Å². The summed E-state index contributed by atoms with van der Waals surface area (Å²) in [5, 5.41) is 4.07. The number of aromatic nitrogens is 2. The molecule has 1 N–H and O–H groups in total. The fraction of sp³-hybridized carbons (Fsp3) is 0.438. The van der Waals surface area contributed by atoms with Gasteiger partial charge < -0.3 is 5.32 Å². The lowest BCUT2D eigenvalue weighted by atomic mass is 10.2. The second-order valence-electron chi connectivity index (χ2n) is 5.49. The van der Waals surface area contributed by atoms with Crippen LogP contribution in [0, 0.1) is 6.92 Å². The van der Waals surface area contributed by atoms with Crippen LogP contribution in [0.25, 0.3) is 10.6 Å². The van der Waals surface area contributed by atoms with Crippen LogP contribution >= 0.6 is 11.3 Å². The van der Waals surface area contributed by atoms with Crippen molar-refractivity contribution in [3.8, 4) is 10.6 Å². The lowest BCUT2D eigenvalue weighted by molar-refractivity contribution is -0.121. The summed E-state index contributed by atoms with van der Waals surface area (Å²) in [7, 11) is 0. The number of carbonyl (C=O) groups is 1. The Morgan fingerprint density at radius 2 is 2.24 bits per heavy atom. The van der Waals surface area contributed by atoms with E-state index in [1.54, 1.807) is 23.7 Å². The smallest absolute Gasteiger partial charge is 0.225 e. The molecule has 1 aliphatic carbocycles. The van der Waals surface area contributed by atoms with Crippen LogP contribution in [0.15, 0.2) is 24.5 Å². The third-order valence-corrected chi connectivity index (χ3v) is 5.05. The summed E-state index contributed by atoms with van der Waals surface area (Å²) in [5.41, 5.74) is 1.95. The Morgan fingerprint density at radius 1 is 1.43 bits per heavy atom. The number of pyridine rings is 1. The van der Waals surface area contributed by atoms with Crippen LogP contribution in [0.4, 0.5) is 0 Å². The van der Waals surface area contributed by atoms with Crippen molar-refractivity contribution >= 4 is 17.2 Å². The molecule has 1 saturated carbocycles. The Labute approximate surface area is 128 Å². The van der Waals surface area contributed by atoms with Gasteiger partial charge in [0.2, 0.25) is 5.91 Å². The van der Waals surface area contributed by atoms with Crippen LogP contribution in [0.1, 0.15) is 36.3 Å². The Balaban J connectivity index is 1.68. The zero-order valence-electron chi connectivity index (χ0n) is 12.1. The van der Waals surface area contributed by atoms with Gasteiger partial charge in [0.05, 0.1) is 12.1 Å². The topological polar surface area (TPSA) is 54.9 Å². The highest BCUT2D eigenvalue weighted by Crippen LogP contribution is 2.27. The molecule has 0 bridgehead atoms. The van der Waals surface area contributed by atoms with Gasteiger partial charge in [0.25, 0.3) is 0 Å². The fourth-order valence-corrected chi connectivity index (χ4v) is 3.75. The van der Waals surface area contributed by atoms with Gasteiger partial charge in [-0.1, -0.05) is 12.8 Å². The van der Waals surface area contributed by atoms with Crippen molar-refractivity contribution in [2.24, 2.45) is 0 Å². The first-order chi connectivity index (χ1) is 10.2. The zero-order chi connectivity index (χ0) is 14.7. The van der Waals surface area contributed by atoms with Crippen molar-refractivity contribution in [2.75, 3.05) is 0 Å². The van der Waals surface area contributed by atoms with E-state index >= 15 is 0 Å². The normalized spacial score (nSPS) is 15.3. The second kappa shape index (κ2) is 6.35. The Hall–Kier alpha value is -1.75. The molecule has 1 aliphatic rings. The van der Waals surface area contributed by atoms with Crippen molar-refractivity contribution in [3.05, 3.63) is 35.1 Å². The van der Waals surface area contributed by atoms with Gasteiger partial charge in [-0.05, 0) is 31.9 Å². The maximum Gasteiger partial charge on any atom is 0.225 e. The summed E-state index contributed by atoms with van der Waals surface area (Å²) in [6.07, 6.45) is 8.69. The molecular formula is C16H19N3OS. The minimum atomic E-state index is 0.117. The number of nitrogens with zero attached hydrogens (tertiary/aromatic N) is 2. The first-order valence-electron chi connectivity index (χ1n) is 7.38. The third-order valence-electron chi connectivity index (χ3n) is 3.84. The molecule has 1 fully saturated rings. The molecule has 0 aromatic carbocycles. The molecular weight excluding hydrogens is 282 g/mol. The summed E-state index contributed by atoms with van der Waals surface area (Å²) in [4.78, 5) is 21.8. The number of hydrogen-bond acceptors (Lipinski definition) is 4. The predicted octanol–water partition coefficient (Wildman–Crippen LogP) is 3.11. The van der Waals surface area contributed by atoms with Crippen molar-refractivity contribution < 1.29 is 4.79 Å². The molecule has 4 nitrogen and oxygen atoms in total. The molecule has 0 saturated heterocycles. The average Bonchev–Trinajstić information content (AvgIpc) is 3.11. The largest absolute Gasteiger partial charge is 0.353 e. The van der Waals surface area contributed by atoms with E-state index in [0.29, 0.717) is 12.5 Å². The SMILES string of the molecule is Cc1nc(-c2cccnc2)sc1CC(=O)NC1CCCC1. The fourth-order valence-electron chi connectivity index (χ4n) is 2.70. The average molecular weight is 301 g/mol. The van der Waals surface area contributed by atoms with Gasteiger partial charge in [-0.25, -0.2) is 4.98 Å². The highest BCUT2D eigenvalue weighted by Gasteiger charge is 2.19. The Bertz CT molecular complexity index is 618. The van der Waals surface area contributed by atoms with Gasteiger partial charge in [0.1, 0.15) is 5.01 Å². The molecule has 0 atom stereocenters. The molecule has 0 radical (unpaired) electrons. The molecule has 110 valence electrons. The molecule has 3 rings (SSSR count). The summed E-state index contributed by atoms with van der Waals surface area (Å²) < 4.78 is 0. The molecule has 0 unspecified atom stereocenters. The number of rotatable bonds is 4. The standard InChI is InChI=1S/C16H19N3OS/c1-11-14(9-15(20)19-13-6-2-3-7-13)21-16(18-11)12-5-4-8-17-10-12/h4-5,8,10,13H,2-3,6-7,9H2,1H3,(H,19,20). The lowest BCUT2D eigenvalue weighted by Crippen LogP contribution is -2.33. The number of hydrogen-bond donors (Lipinski definition) is 1. The van der Waals surface area contributed by atoms with E-state index in [0.717, 1.165) is 34.0 Å². The molecule has 1 amide bonds. The third kappa shape index (κ3) is 3.47. The lowest BCUT2D eigenvalue weighted by Gasteiger charge is -2.11. The van der Waals surface area contributed by atoms with E-state index in [9.17, 15) is 4.79 Å². The minimum Gasteiger partial charge on any atom is -0.353 e. The summed E-state index contributed by atoms with van der Waals surface area (Å²) in [6, 6.07) is 4.27. The first kappa shape index (κ1) is 14.2.